The van der Waals surface area contributed by atoms with Gasteiger partial charge in [0, 0.05) is 35.2 Å². The third-order valence-corrected chi connectivity index (χ3v) is 4.38. The van der Waals surface area contributed by atoms with Gasteiger partial charge < -0.3 is 9.67 Å². The molecule has 1 N–H and O–H groups in total. The molecular formula is C19H13FN2O3. The molecule has 2 heterocycles. The monoisotopic (exact) mass is 336 g/mol. The minimum atomic E-state index is -1.17. The largest absolute Gasteiger partial charge is 0.478 e. The molecule has 0 amide bonds. The molecule has 0 atom stereocenters. The highest BCUT2D eigenvalue weighted by Gasteiger charge is 2.21. The van der Waals surface area contributed by atoms with E-state index in [4.69, 9.17) is 0 Å². The normalized spacial score (nSPS) is 11.3. The van der Waals surface area contributed by atoms with Crippen molar-refractivity contribution in [3.8, 4) is 5.69 Å². The zero-order valence-corrected chi connectivity index (χ0v) is 13.2. The van der Waals surface area contributed by atoms with Crippen molar-refractivity contribution in [2.75, 3.05) is 0 Å². The lowest BCUT2D eigenvalue weighted by Gasteiger charge is -2.09. The van der Waals surface area contributed by atoms with Gasteiger partial charge in [0.25, 0.3) is 5.56 Å². The number of carbonyl (C=O) groups is 1. The average Bonchev–Trinajstić information content (AvgIpc) is 2.89. The van der Waals surface area contributed by atoms with Gasteiger partial charge in [-0.25, -0.2) is 9.18 Å². The first-order valence-corrected chi connectivity index (χ1v) is 7.61. The van der Waals surface area contributed by atoms with Crippen molar-refractivity contribution in [1.82, 2.24) is 9.13 Å². The van der Waals surface area contributed by atoms with Gasteiger partial charge >= 0.3 is 5.97 Å². The molecule has 0 bridgehead atoms. The molecule has 0 fully saturated rings. The molecule has 6 heteroatoms. The van der Waals surface area contributed by atoms with Crippen molar-refractivity contribution >= 4 is 27.8 Å². The minimum absolute atomic E-state index is 0.0466. The number of halogens is 1. The second-order valence-electron chi connectivity index (χ2n) is 5.80. The number of rotatable bonds is 2. The predicted octanol–water partition coefficient (Wildman–Crippen LogP) is 3.32. The van der Waals surface area contributed by atoms with Crippen LogP contribution in [0.2, 0.25) is 0 Å². The van der Waals surface area contributed by atoms with Gasteiger partial charge in [0.05, 0.1) is 5.56 Å². The third-order valence-electron chi connectivity index (χ3n) is 4.38. The number of hydrogen-bond donors (Lipinski definition) is 1. The Morgan fingerprint density at radius 3 is 2.52 bits per heavy atom. The molecule has 0 spiro atoms. The van der Waals surface area contributed by atoms with E-state index in [9.17, 15) is 19.1 Å². The maximum Gasteiger partial charge on any atom is 0.337 e. The Hall–Kier alpha value is -3.41. The smallest absolute Gasteiger partial charge is 0.337 e. The summed E-state index contributed by atoms with van der Waals surface area (Å²) in [6.45, 7) is 0. The lowest BCUT2D eigenvalue weighted by Crippen LogP contribution is -2.21. The first kappa shape index (κ1) is 15.1. The average molecular weight is 336 g/mol. The summed E-state index contributed by atoms with van der Waals surface area (Å²) in [5.74, 6) is -1.66. The molecule has 5 nitrogen and oxygen atoms in total. The van der Waals surface area contributed by atoms with E-state index in [0.29, 0.717) is 16.6 Å². The van der Waals surface area contributed by atoms with Crippen LogP contribution in [0.5, 0.6) is 0 Å². The molecule has 4 rings (SSSR count). The summed E-state index contributed by atoms with van der Waals surface area (Å²) in [4.78, 5) is 24.9. The van der Waals surface area contributed by atoms with E-state index >= 15 is 0 Å². The summed E-state index contributed by atoms with van der Waals surface area (Å²) in [6.07, 6.45) is 1.30. The summed E-state index contributed by atoms with van der Waals surface area (Å²) < 4.78 is 16.6. The SMILES string of the molecule is Cn1c2ccc(F)cc2c2c(C(=O)O)cn(-c3ccccc3)c(=O)c21. The van der Waals surface area contributed by atoms with E-state index < -0.39 is 11.8 Å². The Balaban J connectivity index is 2.26. The lowest BCUT2D eigenvalue weighted by molar-refractivity contribution is 0.0698. The van der Waals surface area contributed by atoms with Crippen LogP contribution >= 0.6 is 0 Å². The number of aromatic carboxylic acids is 1. The van der Waals surface area contributed by atoms with Gasteiger partial charge in [-0.3, -0.25) is 9.36 Å². The van der Waals surface area contributed by atoms with Gasteiger partial charge in [-0.1, -0.05) is 18.2 Å². The summed E-state index contributed by atoms with van der Waals surface area (Å²) in [7, 11) is 1.67. The van der Waals surface area contributed by atoms with Crippen LogP contribution in [0.1, 0.15) is 10.4 Å². The van der Waals surface area contributed by atoms with Crippen molar-refractivity contribution in [2.24, 2.45) is 7.05 Å². The standard InChI is InChI=1S/C19H13FN2O3/c1-21-15-8-7-11(20)9-13(15)16-14(19(24)25)10-22(18(23)17(16)21)12-5-3-2-4-6-12/h2-10H,1H3,(H,24,25). The van der Waals surface area contributed by atoms with Crippen molar-refractivity contribution in [2.45, 2.75) is 0 Å². The molecule has 124 valence electrons. The van der Waals surface area contributed by atoms with Crippen LogP contribution in [-0.2, 0) is 7.05 Å². The van der Waals surface area contributed by atoms with Crippen LogP contribution < -0.4 is 5.56 Å². The van der Waals surface area contributed by atoms with Crippen LogP contribution in [0.4, 0.5) is 4.39 Å². The number of fused-ring (bicyclic) bond motifs is 3. The molecule has 4 aromatic rings. The molecule has 0 saturated heterocycles. The topological polar surface area (TPSA) is 64.2 Å². The van der Waals surface area contributed by atoms with Crippen LogP contribution in [-0.4, -0.2) is 20.2 Å². The predicted molar refractivity (Wildman–Crippen MR) is 92.9 cm³/mol. The van der Waals surface area contributed by atoms with Crippen LogP contribution in [0, 0.1) is 5.82 Å². The first-order valence-electron chi connectivity index (χ1n) is 7.61. The summed E-state index contributed by atoms with van der Waals surface area (Å²) in [6, 6.07) is 12.9. The Labute approximate surface area is 141 Å². The molecule has 25 heavy (non-hydrogen) atoms. The van der Waals surface area contributed by atoms with Gasteiger partial charge in [0.2, 0.25) is 0 Å². The highest BCUT2D eigenvalue weighted by Crippen LogP contribution is 2.30. The van der Waals surface area contributed by atoms with Gasteiger partial charge in [-0.15, -0.1) is 0 Å². The number of pyridine rings is 1. The third kappa shape index (κ3) is 2.15. The number of hydrogen-bond acceptors (Lipinski definition) is 2. The Kier molecular flexibility index (Phi) is 3.21. The van der Waals surface area contributed by atoms with E-state index in [1.165, 1.54) is 22.9 Å². The zero-order chi connectivity index (χ0) is 17.7. The molecule has 0 radical (unpaired) electrons. The van der Waals surface area contributed by atoms with Gasteiger partial charge in [0.15, 0.2) is 0 Å². The number of para-hydroxylation sites is 1. The maximum atomic E-state index is 13.7. The minimum Gasteiger partial charge on any atom is -0.478 e. The number of carboxylic acid groups (broad SMARTS) is 1. The zero-order valence-electron chi connectivity index (χ0n) is 13.2. The van der Waals surface area contributed by atoms with Crippen LogP contribution in [0.25, 0.3) is 27.5 Å². The summed E-state index contributed by atoms with van der Waals surface area (Å²) in [5, 5.41) is 10.3. The molecule has 0 unspecified atom stereocenters. The molecule has 2 aromatic heterocycles. The fourth-order valence-electron chi connectivity index (χ4n) is 3.25. The Morgan fingerprint density at radius 1 is 1.12 bits per heavy atom. The summed E-state index contributed by atoms with van der Waals surface area (Å²) in [5.41, 5.74) is 0.986. The van der Waals surface area contributed by atoms with E-state index in [1.807, 2.05) is 6.07 Å². The number of aryl methyl sites for hydroxylation is 1. The van der Waals surface area contributed by atoms with E-state index in [2.05, 4.69) is 0 Å². The number of benzene rings is 2. The van der Waals surface area contributed by atoms with E-state index in [-0.39, 0.29) is 22.0 Å². The molecular weight excluding hydrogens is 323 g/mol. The van der Waals surface area contributed by atoms with Crippen LogP contribution in [0.15, 0.2) is 59.5 Å². The molecule has 0 saturated carbocycles. The van der Waals surface area contributed by atoms with Crippen LogP contribution in [0.3, 0.4) is 0 Å². The second-order valence-corrected chi connectivity index (χ2v) is 5.80. The number of aromatic nitrogens is 2. The van der Waals surface area contributed by atoms with Crippen molar-refractivity contribution < 1.29 is 14.3 Å². The lowest BCUT2D eigenvalue weighted by atomic mass is 10.1. The molecule has 2 aromatic carbocycles. The molecule has 0 aliphatic heterocycles. The highest BCUT2D eigenvalue weighted by atomic mass is 19.1. The van der Waals surface area contributed by atoms with Gasteiger partial charge in [-0.2, -0.15) is 0 Å². The fraction of sp³-hybridized carbons (Fsp3) is 0.0526. The molecule has 0 aliphatic carbocycles. The van der Waals surface area contributed by atoms with Gasteiger partial charge in [-0.05, 0) is 30.3 Å². The quantitative estimate of drug-likeness (QED) is 0.611. The second kappa shape index (κ2) is 5.31. The van der Waals surface area contributed by atoms with Gasteiger partial charge in [0.1, 0.15) is 11.3 Å². The van der Waals surface area contributed by atoms with Crippen molar-refractivity contribution in [3.63, 3.8) is 0 Å². The van der Waals surface area contributed by atoms with E-state index in [1.54, 1.807) is 41.9 Å². The first-order chi connectivity index (χ1) is 12.0. The highest BCUT2D eigenvalue weighted by molar-refractivity contribution is 6.16. The van der Waals surface area contributed by atoms with Crippen molar-refractivity contribution in [1.29, 1.82) is 0 Å². The Morgan fingerprint density at radius 2 is 1.84 bits per heavy atom. The Bertz CT molecular complexity index is 1210. The number of carboxylic acids is 1. The summed E-state index contributed by atoms with van der Waals surface area (Å²) >= 11 is 0. The fourth-order valence-corrected chi connectivity index (χ4v) is 3.25. The number of nitrogens with zero attached hydrogens (tertiary/aromatic N) is 2. The van der Waals surface area contributed by atoms with Crippen molar-refractivity contribution in [3.05, 3.63) is 76.5 Å². The maximum absolute atomic E-state index is 13.7. The van der Waals surface area contributed by atoms with E-state index in [0.717, 1.165) is 0 Å². The molecule has 0 aliphatic rings.